The second kappa shape index (κ2) is 8.33. The number of alkyl halides is 3. The average Bonchev–Trinajstić information content (AvgIpc) is 3.07. The number of nitrogens with one attached hydrogen (secondary N) is 2. The molecule has 0 aliphatic carbocycles. The molecule has 1 amide bonds. The summed E-state index contributed by atoms with van der Waals surface area (Å²) < 4.78 is 44.9. The molecular formula is C21H22F3N4O2Si. The topological polar surface area (TPSA) is 80.0 Å². The Morgan fingerprint density at radius 3 is 2.55 bits per heavy atom. The van der Waals surface area contributed by atoms with E-state index in [1.165, 1.54) is 0 Å². The average molecular weight is 448 g/mol. The van der Waals surface area contributed by atoms with Crippen LogP contribution in [0.3, 0.4) is 0 Å². The second-order valence-corrected chi connectivity index (χ2v) is 10.2. The maximum absolute atomic E-state index is 13.3. The molecule has 1 saturated heterocycles. The number of benzene rings is 1. The number of hydrogen-bond acceptors (Lipinski definition) is 5. The van der Waals surface area contributed by atoms with Gasteiger partial charge in [-0.05, 0) is 50.9 Å². The molecule has 0 atom stereocenters. The molecule has 1 aliphatic rings. The molecule has 0 spiro atoms. The first-order valence-corrected chi connectivity index (χ1v) is 12.0. The van der Waals surface area contributed by atoms with E-state index >= 15 is 0 Å². The van der Waals surface area contributed by atoms with Crippen molar-refractivity contribution >= 4 is 31.5 Å². The minimum absolute atomic E-state index is 0.0385. The van der Waals surface area contributed by atoms with E-state index in [0.717, 1.165) is 31.0 Å². The number of pyridine rings is 1. The number of rotatable bonds is 4. The molecule has 1 aromatic carbocycles. The van der Waals surface area contributed by atoms with Gasteiger partial charge < -0.3 is 14.8 Å². The van der Waals surface area contributed by atoms with Crippen LogP contribution in [0.25, 0.3) is 10.9 Å². The van der Waals surface area contributed by atoms with Gasteiger partial charge in [0.1, 0.15) is 17.0 Å². The zero-order valence-corrected chi connectivity index (χ0v) is 18.1. The minimum Gasteiger partial charge on any atom is -0.382 e. The normalized spacial score (nSPS) is 15.9. The summed E-state index contributed by atoms with van der Waals surface area (Å²) in [6, 6.07) is 9.59. The van der Waals surface area contributed by atoms with Gasteiger partial charge >= 0.3 is 6.18 Å². The summed E-state index contributed by atoms with van der Waals surface area (Å²) in [6.45, 7) is 3.44. The van der Waals surface area contributed by atoms with Crippen LogP contribution in [0, 0.1) is 13.8 Å². The lowest BCUT2D eigenvalue weighted by molar-refractivity contribution is -0.140. The van der Waals surface area contributed by atoms with Crippen molar-refractivity contribution in [3.8, 4) is 0 Å². The Hall–Kier alpha value is -2.88. The number of anilines is 1. The molecule has 1 aliphatic heterocycles. The summed E-state index contributed by atoms with van der Waals surface area (Å²) in [7, 11) is -1.10. The Bertz CT molecular complexity index is 1090. The fourth-order valence-electron chi connectivity index (χ4n) is 3.93. The summed E-state index contributed by atoms with van der Waals surface area (Å²) in [6.07, 6.45) is -2.96. The van der Waals surface area contributed by atoms with Crippen LogP contribution in [0.2, 0.25) is 12.1 Å². The fraction of sp³-hybridized carbons (Fsp3) is 0.381. The van der Waals surface area contributed by atoms with E-state index < -0.39 is 20.8 Å². The van der Waals surface area contributed by atoms with Gasteiger partial charge in [-0.15, -0.1) is 0 Å². The zero-order chi connectivity index (χ0) is 22.2. The van der Waals surface area contributed by atoms with Crippen molar-refractivity contribution < 1.29 is 22.5 Å². The van der Waals surface area contributed by atoms with Crippen LogP contribution in [0.1, 0.15) is 40.3 Å². The first-order chi connectivity index (χ1) is 14.7. The number of aromatic nitrogens is 2. The molecule has 1 fully saturated rings. The molecule has 1 radical (unpaired) electrons. The molecule has 2 aromatic heterocycles. The van der Waals surface area contributed by atoms with Crippen molar-refractivity contribution in [2.45, 2.75) is 51.0 Å². The number of amides is 1. The SMILES string of the molecule is Cc1noc(C)c1C(=O)N[Si]1CCC(Nc2cc(C(F)(F)F)nc3ccccc23)CC1. The van der Waals surface area contributed by atoms with Crippen molar-refractivity contribution in [1.29, 1.82) is 0 Å². The lowest BCUT2D eigenvalue weighted by Gasteiger charge is -2.29. The van der Waals surface area contributed by atoms with E-state index in [0.29, 0.717) is 33.6 Å². The molecule has 0 saturated carbocycles. The van der Waals surface area contributed by atoms with Gasteiger partial charge in [-0.1, -0.05) is 23.4 Å². The van der Waals surface area contributed by atoms with Gasteiger partial charge in [0, 0.05) is 17.1 Å². The van der Waals surface area contributed by atoms with Crippen molar-refractivity contribution in [2.75, 3.05) is 5.32 Å². The summed E-state index contributed by atoms with van der Waals surface area (Å²) in [5.41, 5.74) is 0.908. The van der Waals surface area contributed by atoms with Crippen molar-refractivity contribution in [2.24, 2.45) is 0 Å². The van der Waals surface area contributed by atoms with Gasteiger partial charge in [-0.25, -0.2) is 4.98 Å². The maximum Gasteiger partial charge on any atom is 0.433 e. The maximum atomic E-state index is 13.3. The molecule has 2 N–H and O–H groups in total. The Kier molecular flexibility index (Phi) is 5.74. The van der Waals surface area contributed by atoms with Gasteiger partial charge in [-0.2, -0.15) is 13.2 Å². The van der Waals surface area contributed by atoms with Gasteiger partial charge in [0.25, 0.3) is 0 Å². The third-order valence-corrected chi connectivity index (χ3v) is 7.87. The number of hydrogen-bond donors (Lipinski definition) is 2. The fourth-order valence-corrected chi connectivity index (χ4v) is 6.27. The molecular weight excluding hydrogens is 425 g/mol. The monoisotopic (exact) mass is 447 g/mol. The van der Waals surface area contributed by atoms with Crippen LogP contribution in [-0.4, -0.2) is 31.0 Å². The summed E-state index contributed by atoms with van der Waals surface area (Å²) in [5.74, 6) is 0.337. The van der Waals surface area contributed by atoms with E-state index in [1.807, 2.05) is 0 Å². The van der Waals surface area contributed by atoms with Crippen LogP contribution < -0.4 is 10.3 Å². The second-order valence-electron chi connectivity index (χ2n) is 7.75. The number of halogens is 3. The van der Waals surface area contributed by atoms with E-state index in [-0.39, 0.29) is 11.9 Å². The third-order valence-electron chi connectivity index (χ3n) is 5.51. The van der Waals surface area contributed by atoms with Crippen LogP contribution in [0.5, 0.6) is 0 Å². The molecule has 4 rings (SSSR count). The van der Waals surface area contributed by atoms with Gasteiger partial charge in [0.05, 0.1) is 11.2 Å². The third kappa shape index (κ3) is 4.58. The molecule has 3 aromatic rings. The molecule has 163 valence electrons. The number of aryl methyl sites for hydroxylation is 2. The molecule has 6 nitrogen and oxygen atoms in total. The van der Waals surface area contributed by atoms with E-state index in [1.54, 1.807) is 38.1 Å². The Labute approximate surface area is 178 Å². The molecule has 31 heavy (non-hydrogen) atoms. The Morgan fingerprint density at radius 2 is 1.90 bits per heavy atom. The number of carbonyl (C=O) groups excluding carboxylic acids is 1. The summed E-state index contributed by atoms with van der Waals surface area (Å²) in [5, 5.41) is 7.78. The Morgan fingerprint density at radius 1 is 1.19 bits per heavy atom. The number of fused-ring (bicyclic) bond motifs is 1. The quantitative estimate of drug-likeness (QED) is 0.559. The standard InChI is InChI=1S/C21H22F3N4O2Si/c1-12-19(13(2)30-27-12)20(29)28-31-9-7-14(8-10-31)25-17-11-18(21(22,23)24)26-16-6-4-3-5-15(16)17/h3-6,11,14H,7-10H2,1-2H3,(H,25,26)(H,28,29). The van der Waals surface area contributed by atoms with Crippen LogP contribution in [-0.2, 0) is 6.18 Å². The highest BCUT2D eigenvalue weighted by molar-refractivity contribution is 6.59. The predicted octanol–water partition coefficient (Wildman–Crippen LogP) is 4.85. The highest BCUT2D eigenvalue weighted by atomic mass is 28.3. The van der Waals surface area contributed by atoms with Crippen LogP contribution in [0.4, 0.5) is 18.9 Å². The van der Waals surface area contributed by atoms with Crippen molar-refractivity contribution in [1.82, 2.24) is 15.1 Å². The minimum atomic E-state index is -4.51. The molecule has 0 bridgehead atoms. The zero-order valence-electron chi connectivity index (χ0n) is 17.1. The lowest BCUT2D eigenvalue weighted by atomic mass is 10.1. The summed E-state index contributed by atoms with van der Waals surface area (Å²) in [4.78, 5) is 19.4. The number of para-hydroxylation sites is 1. The highest BCUT2D eigenvalue weighted by Crippen LogP contribution is 2.34. The summed E-state index contributed by atoms with van der Waals surface area (Å²) >= 11 is 0. The van der Waals surface area contributed by atoms with Crippen molar-refractivity contribution in [3.63, 3.8) is 0 Å². The number of nitrogens with zero attached hydrogens (tertiary/aromatic N) is 2. The molecule has 10 heteroatoms. The van der Waals surface area contributed by atoms with Gasteiger partial charge in [0.15, 0.2) is 8.96 Å². The van der Waals surface area contributed by atoms with Crippen LogP contribution in [0.15, 0.2) is 34.9 Å². The van der Waals surface area contributed by atoms with E-state index in [9.17, 15) is 18.0 Å². The predicted molar refractivity (Wildman–Crippen MR) is 112 cm³/mol. The smallest absolute Gasteiger partial charge is 0.382 e. The molecule has 0 unspecified atom stereocenters. The van der Waals surface area contributed by atoms with E-state index in [4.69, 9.17) is 4.52 Å². The highest BCUT2D eigenvalue weighted by Gasteiger charge is 2.34. The van der Waals surface area contributed by atoms with Crippen molar-refractivity contribution in [3.05, 3.63) is 53.0 Å². The first-order valence-electron chi connectivity index (χ1n) is 10.0. The van der Waals surface area contributed by atoms with Crippen LogP contribution >= 0.6 is 0 Å². The largest absolute Gasteiger partial charge is 0.433 e. The molecule has 3 heterocycles. The lowest BCUT2D eigenvalue weighted by Crippen LogP contribution is -2.43. The van der Waals surface area contributed by atoms with Gasteiger partial charge in [-0.3, -0.25) is 4.79 Å². The number of carbonyl (C=O) groups is 1. The first kappa shape index (κ1) is 21.4. The van der Waals surface area contributed by atoms with Gasteiger partial charge in [0.2, 0.25) is 5.91 Å². The Balaban J connectivity index is 1.43. The van der Waals surface area contributed by atoms with E-state index in [2.05, 4.69) is 20.4 Å².